The standard InChI is InChI=1S/C20H24N4O5S/c1-2-29-18-8-6-17(7-9-18)24-13-15(11-19(24)25)20(26)22-12-14-4-3-5-16(10-14)23-30(21,27)28/h3-10,15,23H,2,11-13H2,1H3,(H,22,26)(H2,21,27,28)/t15-/m0/s1. The van der Waals surface area contributed by atoms with Gasteiger partial charge in [0.2, 0.25) is 11.8 Å². The number of rotatable bonds is 8. The van der Waals surface area contributed by atoms with Crippen LogP contribution in [-0.2, 0) is 26.3 Å². The number of carbonyl (C=O) groups excluding carboxylic acids is 2. The van der Waals surface area contributed by atoms with Crippen LogP contribution in [0.15, 0.2) is 48.5 Å². The first-order chi connectivity index (χ1) is 14.2. The van der Waals surface area contributed by atoms with Crippen molar-refractivity contribution in [2.45, 2.75) is 19.9 Å². The van der Waals surface area contributed by atoms with Gasteiger partial charge in [-0.15, -0.1) is 0 Å². The average Bonchev–Trinajstić information content (AvgIpc) is 3.08. The van der Waals surface area contributed by atoms with Crippen molar-refractivity contribution >= 4 is 33.4 Å². The van der Waals surface area contributed by atoms with Gasteiger partial charge in [-0.2, -0.15) is 8.42 Å². The fourth-order valence-electron chi connectivity index (χ4n) is 3.26. The largest absolute Gasteiger partial charge is 0.494 e. The van der Waals surface area contributed by atoms with E-state index in [1.165, 1.54) is 0 Å². The highest BCUT2D eigenvalue weighted by Gasteiger charge is 2.35. The summed E-state index contributed by atoms with van der Waals surface area (Å²) in [6.07, 6.45) is 0.131. The van der Waals surface area contributed by atoms with Crippen LogP contribution in [0.3, 0.4) is 0 Å². The molecule has 1 aliphatic rings. The molecule has 4 N–H and O–H groups in total. The van der Waals surface area contributed by atoms with E-state index >= 15 is 0 Å². The maximum atomic E-state index is 12.6. The van der Waals surface area contributed by atoms with Gasteiger partial charge < -0.3 is 15.0 Å². The van der Waals surface area contributed by atoms with Crippen molar-refractivity contribution in [1.82, 2.24) is 5.32 Å². The highest BCUT2D eigenvalue weighted by Crippen LogP contribution is 2.27. The van der Waals surface area contributed by atoms with Crippen LogP contribution in [0.4, 0.5) is 11.4 Å². The van der Waals surface area contributed by atoms with E-state index in [4.69, 9.17) is 9.88 Å². The summed E-state index contributed by atoms with van der Waals surface area (Å²) in [5.74, 6) is -0.0867. The van der Waals surface area contributed by atoms with Gasteiger partial charge in [0.1, 0.15) is 5.75 Å². The molecule has 1 fully saturated rings. The molecule has 1 aliphatic heterocycles. The van der Waals surface area contributed by atoms with Crippen LogP contribution >= 0.6 is 0 Å². The summed E-state index contributed by atoms with van der Waals surface area (Å²) in [5.41, 5.74) is 1.73. The Labute approximate surface area is 175 Å². The number of carbonyl (C=O) groups is 2. The van der Waals surface area contributed by atoms with Crippen molar-refractivity contribution in [2.75, 3.05) is 22.8 Å². The first-order valence-electron chi connectivity index (χ1n) is 9.45. The second-order valence-electron chi connectivity index (χ2n) is 6.90. The number of ether oxygens (including phenoxy) is 1. The van der Waals surface area contributed by atoms with Crippen LogP contribution in [0, 0.1) is 5.92 Å². The topological polar surface area (TPSA) is 131 Å². The van der Waals surface area contributed by atoms with Crippen molar-refractivity contribution in [3.8, 4) is 5.75 Å². The molecule has 2 aromatic carbocycles. The van der Waals surface area contributed by atoms with Crippen molar-refractivity contribution < 1.29 is 22.7 Å². The fourth-order valence-corrected chi connectivity index (χ4v) is 3.72. The number of hydrogen-bond donors (Lipinski definition) is 3. The fraction of sp³-hybridized carbons (Fsp3) is 0.300. The molecule has 160 valence electrons. The molecule has 10 heteroatoms. The van der Waals surface area contributed by atoms with Crippen LogP contribution in [0.2, 0.25) is 0 Å². The van der Waals surface area contributed by atoms with Gasteiger partial charge in [-0.1, -0.05) is 12.1 Å². The molecule has 0 radical (unpaired) electrons. The molecule has 1 heterocycles. The second-order valence-corrected chi connectivity index (χ2v) is 8.19. The predicted octanol–water partition coefficient (Wildman–Crippen LogP) is 1.37. The van der Waals surface area contributed by atoms with E-state index in [0.717, 1.165) is 11.4 Å². The van der Waals surface area contributed by atoms with Crippen LogP contribution < -0.4 is 24.8 Å². The van der Waals surface area contributed by atoms with Crippen molar-refractivity contribution in [3.63, 3.8) is 0 Å². The van der Waals surface area contributed by atoms with E-state index in [0.29, 0.717) is 24.4 Å². The number of nitrogens with one attached hydrogen (secondary N) is 2. The highest BCUT2D eigenvalue weighted by molar-refractivity contribution is 7.90. The Kier molecular flexibility index (Phi) is 6.58. The summed E-state index contributed by atoms with van der Waals surface area (Å²) in [6, 6.07) is 13.7. The number of benzene rings is 2. The van der Waals surface area contributed by atoms with Crippen molar-refractivity contribution in [3.05, 3.63) is 54.1 Å². The monoisotopic (exact) mass is 432 g/mol. The molecule has 0 bridgehead atoms. The normalized spacial score (nSPS) is 16.4. The van der Waals surface area contributed by atoms with E-state index in [1.54, 1.807) is 53.4 Å². The lowest BCUT2D eigenvalue weighted by Crippen LogP contribution is -2.32. The van der Waals surface area contributed by atoms with Gasteiger partial charge in [0, 0.05) is 25.2 Å². The van der Waals surface area contributed by atoms with Crippen LogP contribution in [-0.4, -0.2) is 33.4 Å². The molecule has 0 saturated carbocycles. The van der Waals surface area contributed by atoms with Gasteiger partial charge in [-0.25, -0.2) is 5.14 Å². The molecule has 0 aliphatic carbocycles. The SMILES string of the molecule is CCOc1ccc(N2C[C@@H](C(=O)NCc3cccc(NS(N)(=O)=O)c3)CC2=O)cc1. The summed E-state index contributed by atoms with van der Waals surface area (Å²) in [7, 11) is -3.87. The van der Waals surface area contributed by atoms with E-state index in [1.807, 2.05) is 6.92 Å². The van der Waals surface area contributed by atoms with Gasteiger partial charge in [0.25, 0.3) is 10.2 Å². The van der Waals surface area contributed by atoms with Gasteiger partial charge in [0.05, 0.1) is 18.2 Å². The van der Waals surface area contributed by atoms with E-state index in [9.17, 15) is 18.0 Å². The van der Waals surface area contributed by atoms with E-state index < -0.39 is 16.1 Å². The molecule has 0 spiro atoms. The summed E-state index contributed by atoms with van der Waals surface area (Å²) in [5, 5.41) is 7.77. The number of anilines is 2. The Morgan fingerprint density at radius 3 is 2.63 bits per heavy atom. The Hall–Kier alpha value is -3.11. The zero-order valence-electron chi connectivity index (χ0n) is 16.5. The van der Waals surface area contributed by atoms with E-state index in [-0.39, 0.29) is 24.8 Å². The number of hydrogen-bond acceptors (Lipinski definition) is 5. The Bertz CT molecular complexity index is 1020. The quantitative estimate of drug-likeness (QED) is 0.580. The van der Waals surface area contributed by atoms with Crippen molar-refractivity contribution in [2.24, 2.45) is 11.1 Å². The lowest BCUT2D eigenvalue weighted by Gasteiger charge is -2.17. The van der Waals surface area contributed by atoms with Crippen LogP contribution in [0.1, 0.15) is 18.9 Å². The lowest BCUT2D eigenvalue weighted by atomic mass is 10.1. The second kappa shape index (κ2) is 9.14. The lowest BCUT2D eigenvalue weighted by molar-refractivity contribution is -0.126. The Balaban J connectivity index is 1.58. The minimum atomic E-state index is -3.87. The zero-order valence-corrected chi connectivity index (χ0v) is 17.3. The zero-order chi connectivity index (χ0) is 21.7. The van der Waals surface area contributed by atoms with Gasteiger partial charge in [0.15, 0.2) is 0 Å². The molecule has 30 heavy (non-hydrogen) atoms. The minimum absolute atomic E-state index is 0.112. The molecule has 2 amide bonds. The summed E-state index contributed by atoms with van der Waals surface area (Å²) >= 11 is 0. The number of nitrogens with two attached hydrogens (primary N) is 1. The molecule has 0 aromatic heterocycles. The third-order valence-electron chi connectivity index (χ3n) is 4.61. The Morgan fingerprint density at radius 1 is 1.23 bits per heavy atom. The molecular weight excluding hydrogens is 408 g/mol. The summed E-state index contributed by atoms with van der Waals surface area (Å²) < 4.78 is 29.9. The predicted molar refractivity (Wildman–Crippen MR) is 113 cm³/mol. The van der Waals surface area contributed by atoms with Crippen molar-refractivity contribution in [1.29, 1.82) is 0 Å². The van der Waals surface area contributed by atoms with E-state index in [2.05, 4.69) is 10.0 Å². The molecule has 9 nitrogen and oxygen atoms in total. The first kappa shape index (κ1) is 21.6. The first-order valence-corrected chi connectivity index (χ1v) is 11.0. The van der Waals surface area contributed by atoms with Gasteiger partial charge >= 0.3 is 0 Å². The Morgan fingerprint density at radius 2 is 1.97 bits per heavy atom. The molecule has 1 atom stereocenters. The maximum Gasteiger partial charge on any atom is 0.296 e. The molecule has 3 rings (SSSR count). The molecule has 2 aromatic rings. The van der Waals surface area contributed by atoms with Gasteiger partial charge in [-0.05, 0) is 48.9 Å². The number of nitrogens with zero attached hydrogens (tertiary/aromatic N) is 1. The maximum absolute atomic E-state index is 12.6. The minimum Gasteiger partial charge on any atom is -0.494 e. The third kappa shape index (κ3) is 5.71. The molecule has 1 saturated heterocycles. The van der Waals surface area contributed by atoms with Gasteiger partial charge in [-0.3, -0.25) is 14.3 Å². The summed E-state index contributed by atoms with van der Waals surface area (Å²) in [4.78, 5) is 26.5. The highest BCUT2D eigenvalue weighted by atomic mass is 32.2. The third-order valence-corrected chi connectivity index (χ3v) is 5.13. The number of amides is 2. The molecule has 0 unspecified atom stereocenters. The molecular formula is C20H24N4O5S. The van der Waals surface area contributed by atoms with Crippen LogP contribution in [0.25, 0.3) is 0 Å². The smallest absolute Gasteiger partial charge is 0.296 e. The van der Waals surface area contributed by atoms with Crippen LogP contribution in [0.5, 0.6) is 5.75 Å². The summed E-state index contributed by atoms with van der Waals surface area (Å²) in [6.45, 7) is 2.96. The average molecular weight is 433 g/mol.